The van der Waals surface area contributed by atoms with Crippen LogP contribution in [-0.2, 0) is 9.53 Å². The second-order valence-corrected chi connectivity index (χ2v) is 5.84. The SMILES string of the molecule is COCCN(C(=O)C1CC1)c1nnc(-c2cccnc2)s1. The first kappa shape index (κ1) is 14.1. The highest BCUT2D eigenvalue weighted by Gasteiger charge is 2.35. The van der Waals surface area contributed by atoms with Gasteiger partial charge >= 0.3 is 0 Å². The molecular formula is C14H16N4O2S. The molecule has 21 heavy (non-hydrogen) atoms. The average Bonchev–Trinajstić information content (AvgIpc) is 3.27. The normalized spacial score (nSPS) is 14.1. The van der Waals surface area contributed by atoms with Crippen LogP contribution in [0.1, 0.15) is 12.8 Å². The Hall–Kier alpha value is -1.86. The van der Waals surface area contributed by atoms with Crippen LogP contribution in [0.3, 0.4) is 0 Å². The Labute approximate surface area is 126 Å². The highest BCUT2D eigenvalue weighted by Crippen LogP contribution is 2.35. The Morgan fingerprint density at radius 2 is 2.33 bits per heavy atom. The molecule has 110 valence electrons. The minimum Gasteiger partial charge on any atom is -0.383 e. The zero-order valence-corrected chi connectivity index (χ0v) is 12.5. The van der Waals surface area contributed by atoms with Gasteiger partial charge in [-0.15, -0.1) is 10.2 Å². The Kier molecular flexibility index (Phi) is 4.21. The number of carbonyl (C=O) groups is 1. The van der Waals surface area contributed by atoms with E-state index in [0.29, 0.717) is 18.3 Å². The number of hydrogen-bond acceptors (Lipinski definition) is 6. The van der Waals surface area contributed by atoms with Gasteiger partial charge in [-0.25, -0.2) is 0 Å². The summed E-state index contributed by atoms with van der Waals surface area (Å²) in [5, 5.41) is 9.73. The van der Waals surface area contributed by atoms with Crippen molar-refractivity contribution < 1.29 is 9.53 Å². The van der Waals surface area contributed by atoms with Crippen LogP contribution in [0, 0.1) is 5.92 Å². The zero-order chi connectivity index (χ0) is 14.7. The number of nitrogens with zero attached hydrogens (tertiary/aromatic N) is 4. The van der Waals surface area contributed by atoms with Gasteiger partial charge in [0.25, 0.3) is 0 Å². The highest BCUT2D eigenvalue weighted by atomic mass is 32.1. The van der Waals surface area contributed by atoms with Crippen LogP contribution in [0.15, 0.2) is 24.5 Å². The molecule has 0 bridgehead atoms. The van der Waals surface area contributed by atoms with Crippen LogP contribution >= 0.6 is 11.3 Å². The largest absolute Gasteiger partial charge is 0.383 e. The second kappa shape index (κ2) is 6.28. The lowest BCUT2D eigenvalue weighted by Gasteiger charge is -2.18. The van der Waals surface area contributed by atoms with E-state index < -0.39 is 0 Å². The van der Waals surface area contributed by atoms with Crippen molar-refractivity contribution in [3.05, 3.63) is 24.5 Å². The third-order valence-electron chi connectivity index (χ3n) is 3.27. The topological polar surface area (TPSA) is 68.2 Å². The number of rotatable bonds is 6. The number of amides is 1. The number of pyridine rings is 1. The molecule has 0 atom stereocenters. The lowest BCUT2D eigenvalue weighted by Crippen LogP contribution is -2.35. The lowest BCUT2D eigenvalue weighted by atomic mass is 10.3. The van der Waals surface area contributed by atoms with Gasteiger partial charge in [-0.1, -0.05) is 11.3 Å². The smallest absolute Gasteiger partial charge is 0.232 e. The van der Waals surface area contributed by atoms with Crippen molar-refractivity contribution in [3.8, 4) is 10.6 Å². The first-order chi connectivity index (χ1) is 10.3. The molecule has 0 radical (unpaired) electrons. The summed E-state index contributed by atoms with van der Waals surface area (Å²) < 4.78 is 5.09. The molecule has 1 saturated carbocycles. The van der Waals surface area contributed by atoms with Gasteiger partial charge in [-0.05, 0) is 25.0 Å². The Morgan fingerprint density at radius 1 is 1.48 bits per heavy atom. The monoisotopic (exact) mass is 304 g/mol. The lowest BCUT2D eigenvalue weighted by molar-refractivity contribution is -0.119. The molecule has 0 N–H and O–H groups in total. The fourth-order valence-corrected chi connectivity index (χ4v) is 2.83. The molecule has 0 unspecified atom stereocenters. The van der Waals surface area contributed by atoms with Crippen LogP contribution in [0.25, 0.3) is 10.6 Å². The van der Waals surface area contributed by atoms with Gasteiger partial charge in [0.1, 0.15) is 0 Å². The maximum Gasteiger partial charge on any atom is 0.232 e. The third-order valence-corrected chi connectivity index (χ3v) is 4.26. The molecule has 2 heterocycles. The van der Waals surface area contributed by atoms with Crippen LogP contribution in [-0.4, -0.2) is 41.3 Å². The zero-order valence-electron chi connectivity index (χ0n) is 11.7. The standard InChI is InChI=1S/C14H16N4O2S/c1-20-8-7-18(13(19)10-4-5-10)14-17-16-12(21-14)11-3-2-6-15-9-11/h2-3,6,9-10H,4-5,7-8H2,1H3. The van der Waals surface area contributed by atoms with E-state index in [1.165, 1.54) is 11.3 Å². The summed E-state index contributed by atoms with van der Waals surface area (Å²) in [6, 6.07) is 3.79. The molecule has 1 fully saturated rings. The molecule has 2 aromatic rings. The van der Waals surface area contributed by atoms with Gasteiger partial charge in [0, 0.05) is 31.0 Å². The van der Waals surface area contributed by atoms with E-state index in [-0.39, 0.29) is 11.8 Å². The summed E-state index contributed by atoms with van der Waals surface area (Å²) in [5.41, 5.74) is 0.909. The number of carbonyl (C=O) groups excluding carboxylic acids is 1. The van der Waals surface area contributed by atoms with Crippen LogP contribution in [0.5, 0.6) is 0 Å². The van der Waals surface area contributed by atoms with Gasteiger partial charge in [0.05, 0.1) is 13.2 Å². The van der Waals surface area contributed by atoms with Crippen molar-refractivity contribution >= 4 is 22.4 Å². The van der Waals surface area contributed by atoms with Gasteiger partial charge in [-0.2, -0.15) is 0 Å². The number of methoxy groups -OCH3 is 1. The molecule has 1 amide bonds. The molecule has 3 rings (SSSR count). The van der Waals surface area contributed by atoms with Crippen molar-refractivity contribution in [2.24, 2.45) is 5.92 Å². The Balaban J connectivity index is 1.82. The summed E-state index contributed by atoms with van der Waals surface area (Å²) in [5.74, 6) is 0.272. The molecule has 0 saturated heterocycles. The van der Waals surface area contributed by atoms with E-state index in [4.69, 9.17) is 4.74 Å². The van der Waals surface area contributed by atoms with Crippen LogP contribution < -0.4 is 4.90 Å². The van der Waals surface area contributed by atoms with E-state index in [1.54, 1.807) is 24.4 Å². The molecule has 1 aliphatic carbocycles. The predicted molar refractivity (Wildman–Crippen MR) is 80.1 cm³/mol. The quantitative estimate of drug-likeness (QED) is 0.816. The minimum absolute atomic E-state index is 0.126. The molecule has 0 aliphatic heterocycles. The molecule has 2 aromatic heterocycles. The van der Waals surface area contributed by atoms with E-state index >= 15 is 0 Å². The summed E-state index contributed by atoms with van der Waals surface area (Å²) in [6.07, 6.45) is 5.40. The average molecular weight is 304 g/mol. The molecule has 6 nitrogen and oxygen atoms in total. The van der Waals surface area contributed by atoms with Crippen LogP contribution in [0.4, 0.5) is 5.13 Å². The summed E-state index contributed by atoms with van der Waals surface area (Å²) >= 11 is 1.41. The number of aromatic nitrogens is 3. The number of anilines is 1. The third kappa shape index (κ3) is 3.25. The Morgan fingerprint density at radius 3 is 3.00 bits per heavy atom. The van der Waals surface area contributed by atoms with E-state index in [0.717, 1.165) is 23.4 Å². The van der Waals surface area contributed by atoms with Crippen molar-refractivity contribution in [2.45, 2.75) is 12.8 Å². The van der Waals surface area contributed by atoms with Crippen molar-refractivity contribution in [2.75, 3.05) is 25.2 Å². The summed E-state index contributed by atoms with van der Waals surface area (Å²) in [7, 11) is 1.63. The molecule has 0 aromatic carbocycles. The van der Waals surface area contributed by atoms with Crippen LogP contribution in [0.2, 0.25) is 0 Å². The molecule has 1 aliphatic rings. The predicted octanol–water partition coefficient (Wildman–Crippen LogP) is 1.99. The maximum absolute atomic E-state index is 12.4. The van der Waals surface area contributed by atoms with E-state index in [2.05, 4.69) is 15.2 Å². The van der Waals surface area contributed by atoms with Crippen molar-refractivity contribution in [1.29, 1.82) is 0 Å². The molecular weight excluding hydrogens is 288 g/mol. The summed E-state index contributed by atoms with van der Waals surface area (Å²) in [6.45, 7) is 0.994. The molecule has 7 heteroatoms. The maximum atomic E-state index is 12.4. The molecule has 0 spiro atoms. The first-order valence-electron chi connectivity index (χ1n) is 6.84. The van der Waals surface area contributed by atoms with Gasteiger partial charge < -0.3 is 4.74 Å². The first-order valence-corrected chi connectivity index (χ1v) is 7.65. The fourth-order valence-electron chi connectivity index (χ4n) is 1.96. The van der Waals surface area contributed by atoms with Gasteiger partial charge in [0.15, 0.2) is 5.01 Å². The Bertz CT molecular complexity index is 612. The van der Waals surface area contributed by atoms with Gasteiger partial charge in [-0.3, -0.25) is 14.7 Å². The number of ether oxygens (including phenoxy) is 1. The van der Waals surface area contributed by atoms with Crippen molar-refractivity contribution in [1.82, 2.24) is 15.2 Å². The minimum atomic E-state index is 0.126. The van der Waals surface area contributed by atoms with Crippen molar-refractivity contribution in [3.63, 3.8) is 0 Å². The fraction of sp³-hybridized carbons (Fsp3) is 0.429. The van der Waals surface area contributed by atoms with Gasteiger partial charge in [0.2, 0.25) is 11.0 Å². The summed E-state index contributed by atoms with van der Waals surface area (Å²) in [4.78, 5) is 18.1. The second-order valence-electron chi connectivity index (χ2n) is 4.89. The van der Waals surface area contributed by atoms with E-state index in [9.17, 15) is 4.79 Å². The van der Waals surface area contributed by atoms with E-state index in [1.807, 2.05) is 12.1 Å². The highest BCUT2D eigenvalue weighted by molar-refractivity contribution is 7.18. The number of hydrogen-bond donors (Lipinski definition) is 0.